The zero-order valence-corrected chi connectivity index (χ0v) is 17.6. The van der Waals surface area contributed by atoms with Crippen molar-refractivity contribution in [1.29, 1.82) is 0 Å². The summed E-state index contributed by atoms with van der Waals surface area (Å²) in [6.07, 6.45) is 3.38. The summed E-state index contributed by atoms with van der Waals surface area (Å²) in [7, 11) is -1.74. The smallest absolute Gasteiger partial charge is 0.274 e. The molecule has 2 heterocycles. The third-order valence-corrected chi connectivity index (χ3v) is 6.34. The number of hydrogen-bond acceptors (Lipinski definition) is 5. The van der Waals surface area contributed by atoms with Gasteiger partial charge in [-0.05, 0) is 32.8 Å². The van der Waals surface area contributed by atoms with Crippen LogP contribution in [0.4, 0.5) is 5.69 Å². The van der Waals surface area contributed by atoms with Gasteiger partial charge < -0.3 is 14.8 Å². The molecule has 9 nitrogen and oxygen atoms in total. The highest BCUT2D eigenvalue weighted by atomic mass is 32.2. The Hall–Kier alpha value is -2.20. The highest BCUT2D eigenvalue weighted by molar-refractivity contribution is 7.88. The van der Waals surface area contributed by atoms with E-state index in [1.54, 1.807) is 4.90 Å². The van der Waals surface area contributed by atoms with E-state index in [0.717, 1.165) is 6.26 Å². The number of sulfonamides is 1. The van der Waals surface area contributed by atoms with Crippen LogP contribution >= 0.6 is 0 Å². The molecule has 156 valence electrons. The molecule has 0 atom stereocenters. The molecule has 28 heavy (non-hydrogen) atoms. The maximum absolute atomic E-state index is 12.6. The summed E-state index contributed by atoms with van der Waals surface area (Å²) in [6, 6.07) is 1.41. The molecule has 2 amide bonds. The van der Waals surface area contributed by atoms with Gasteiger partial charge >= 0.3 is 0 Å². The van der Waals surface area contributed by atoms with E-state index in [9.17, 15) is 22.8 Å². The van der Waals surface area contributed by atoms with Gasteiger partial charge in [-0.25, -0.2) is 12.7 Å². The van der Waals surface area contributed by atoms with Crippen molar-refractivity contribution in [3.8, 4) is 0 Å². The van der Waals surface area contributed by atoms with Crippen molar-refractivity contribution in [2.75, 3.05) is 37.8 Å². The van der Waals surface area contributed by atoms with E-state index in [1.165, 1.54) is 28.2 Å². The monoisotopic (exact) mass is 412 g/mol. The second kappa shape index (κ2) is 8.87. The summed E-state index contributed by atoms with van der Waals surface area (Å²) in [5, 5.41) is 2.63. The molecule has 2 rings (SSSR count). The van der Waals surface area contributed by atoms with E-state index in [-0.39, 0.29) is 36.5 Å². The molecular formula is C18H28N4O5S. The van der Waals surface area contributed by atoms with Crippen molar-refractivity contribution in [2.24, 2.45) is 13.0 Å². The zero-order chi connectivity index (χ0) is 21.1. The lowest BCUT2D eigenvalue weighted by atomic mass is 9.97. The average molecular weight is 413 g/mol. The van der Waals surface area contributed by atoms with E-state index < -0.39 is 15.6 Å². The van der Waals surface area contributed by atoms with Crippen LogP contribution in [0.1, 0.15) is 37.0 Å². The lowest BCUT2D eigenvalue weighted by Crippen LogP contribution is -2.41. The third kappa shape index (κ3) is 4.99. The van der Waals surface area contributed by atoms with Gasteiger partial charge in [0, 0.05) is 45.3 Å². The number of piperidine rings is 1. The average Bonchev–Trinajstić information content (AvgIpc) is 2.65. The molecule has 1 aliphatic rings. The molecule has 0 spiro atoms. The fraction of sp³-hybridized carbons (Fsp3) is 0.611. The molecule has 0 aromatic carbocycles. The van der Waals surface area contributed by atoms with Gasteiger partial charge in [0.15, 0.2) is 0 Å². The minimum Gasteiger partial charge on any atom is -0.339 e. The Balaban J connectivity index is 2.16. The Morgan fingerprint density at radius 3 is 2.29 bits per heavy atom. The highest BCUT2D eigenvalue weighted by Crippen LogP contribution is 2.20. The number of carbonyl (C=O) groups excluding carboxylic acids is 2. The van der Waals surface area contributed by atoms with E-state index in [1.807, 2.05) is 13.8 Å². The van der Waals surface area contributed by atoms with Crippen LogP contribution in [0.5, 0.6) is 0 Å². The highest BCUT2D eigenvalue weighted by Gasteiger charge is 2.29. The summed E-state index contributed by atoms with van der Waals surface area (Å²) in [4.78, 5) is 39.2. The Bertz CT molecular complexity index is 897. The van der Waals surface area contributed by atoms with Crippen molar-refractivity contribution >= 4 is 27.5 Å². The Kier molecular flexibility index (Phi) is 7.00. The van der Waals surface area contributed by atoms with Crippen molar-refractivity contribution in [1.82, 2.24) is 13.8 Å². The van der Waals surface area contributed by atoms with Crippen LogP contribution in [-0.4, -0.2) is 66.4 Å². The van der Waals surface area contributed by atoms with Crippen molar-refractivity contribution in [3.63, 3.8) is 0 Å². The lowest BCUT2D eigenvalue weighted by Gasteiger charge is -2.29. The molecule has 1 aromatic rings. The van der Waals surface area contributed by atoms with Crippen LogP contribution in [0.15, 0.2) is 17.1 Å². The van der Waals surface area contributed by atoms with Crippen LogP contribution < -0.4 is 10.9 Å². The van der Waals surface area contributed by atoms with E-state index in [4.69, 9.17) is 0 Å². The van der Waals surface area contributed by atoms with Gasteiger partial charge in [-0.15, -0.1) is 0 Å². The van der Waals surface area contributed by atoms with Gasteiger partial charge in [-0.2, -0.15) is 0 Å². The molecule has 10 heteroatoms. The molecule has 0 radical (unpaired) electrons. The molecule has 0 bridgehead atoms. The molecule has 1 aliphatic heterocycles. The van der Waals surface area contributed by atoms with E-state index >= 15 is 0 Å². The molecule has 1 fully saturated rings. The Labute approximate surface area is 165 Å². The van der Waals surface area contributed by atoms with Crippen molar-refractivity contribution in [3.05, 3.63) is 28.2 Å². The van der Waals surface area contributed by atoms with Crippen LogP contribution in [-0.2, 0) is 21.9 Å². The number of hydrogen-bond donors (Lipinski definition) is 1. The first kappa shape index (κ1) is 22.1. The first-order valence-corrected chi connectivity index (χ1v) is 11.2. The molecule has 1 aromatic heterocycles. The molecule has 1 saturated heterocycles. The van der Waals surface area contributed by atoms with Crippen LogP contribution in [0.2, 0.25) is 0 Å². The Morgan fingerprint density at radius 1 is 1.21 bits per heavy atom. The second-order valence-electron chi connectivity index (χ2n) is 6.96. The van der Waals surface area contributed by atoms with Gasteiger partial charge in [0.2, 0.25) is 15.9 Å². The predicted octanol–water partition coefficient (Wildman–Crippen LogP) is 0.477. The van der Waals surface area contributed by atoms with Gasteiger partial charge in [0.05, 0.1) is 11.8 Å². The van der Waals surface area contributed by atoms with Crippen molar-refractivity contribution < 1.29 is 18.0 Å². The summed E-state index contributed by atoms with van der Waals surface area (Å²) in [5.74, 6) is -0.930. The number of nitrogens with one attached hydrogen (secondary N) is 1. The fourth-order valence-electron chi connectivity index (χ4n) is 3.30. The maximum Gasteiger partial charge on any atom is 0.274 e. The summed E-state index contributed by atoms with van der Waals surface area (Å²) < 4.78 is 25.8. The van der Waals surface area contributed by atoms with Gasteiger partial charge in [0.1, 0.15) is 5.69 Å². The van der Waals surface area contributed by atoms with Crippen LogP contribution in [0.3, 0.4) is 0 Å². The van der Waals surface area contributed by atoms with Gasteiger partial charge in [0.25, 0.3) is 11.5 Å². The summed E-state index contributed by atoms with van der Waals surface area (Å²) in [6.45, 7) is 5.37. The maximum atomic E-state index is 12.6. The molecular weight excluding hydrogens is 384 g/mol. The third-order valence-electron chi connectivity index (χ3n) is 5.03. The minimum absolute atomic E-state index is 0.0519. The van der Waals surface area contributed by atoms with E-state index in [2.05, 4.69) is 5.32 Å². The summed E-state index contributed by atoms with van der Waals surface area (Å²) >= 11 is 0. The topological polar surface area (TPSA) is 109 Å². The SMILES string of the molecule is CCN(CC)C(=O)c1cc(NC(=O)C2CCN(S(C)(=O)=O)CC2)c(=O)n(C)c1. The number of aryl methyl sites for hydroxylation is 1. The van der Waals surface area contributed by atoms with Crippen LogP contribution in [0.25, 0.3) is 0 Å². The fourth-order valence-corrected chi connectivity index (χ4v) is 4.17. The number of pyridine rings is 1. The number of anilines is 1. The Morgan fingerprint density at radius 2 is 1.79 bits per heavy atom. The quantitative estimate of drug-likeness (QED) is 0.731. The predicted molar refractivity (Wildman–Crippen MR) is 107 cm³/mol. The molecule has 0 aliphatic carbocycles. The first-order chi connectivity index (χ1) is 13.1. The summed E-state index contributed by atoms with van der Waals surface area (Å²) in [5.41, 5.74) is -0.0259. The van der Waals surface area contributed by atoms with Crippen LogP contribution in [0, 0.1) is 5.92 Å². The number of rotatable bonds is 6. The van der Waals surface area contributed by atoms with E-state index in [0.29, 0.717) is 31.5 Å². The largest absolute Gasteiger partial charge is 0.339 e. The van der Waals surface area contributed by atoms with Gasteiger partial charge in [-0.1, -0.05) is 0 Å². The second-order valence-corrected chi connectivity index (χ2v) is 8.94. The first-order valence-electron chi connectivity index (χ1n) is 9.34. The van der Waals surface area contributed by atoms with Gasteiger partial charge in [-0.3, -0.25) is 14.4 Å². The normalized spacial score (nSPS) is 16.0. The lowest BCUT2D eigenvalue weighted by molar-refractivity contribution is -0.120. The molecule has 0 unspecified atom stereocenters. The number of carbonyl (C=O) groups is 2. The molecule has 0 saturated carbocycles. The number of aromatic nitrogens is 1. The zero-order valence-electron chi connectivity index (χ0n) is 16.8. The minimum atomic E-state index is -3.27. The molecule has 1 N–H and O–H groups in total. The number of amides is 2. The standard InChI is InChI=1S/C18H28N4O5S/c1-5-21(6-2)17(24)14-11-15(18(25)20(3)12-14)19-16(23)13-7-9-22(10-8-13)28(4,26)27/h11-13H,5-10H2,1-4H3,(H,19,23). The number of nitrogens with zero attached hydrogens (tertiary/aromatic N) is 3. The van der Waals surface area contributed by atoms with Crippen molar-refractivity contribution in [2.45, 2.75) is 26.7 Å².